The van der Waals surface area contributed by atoms with E-state index in [2.05, 4.69) is 5.32 Å². The van der Waals surface area contributed by atoms with Gasteiger partial charge in [0.05, 0.1) is 13.1 Å². The lowest BCUT2D eigenvalue weighted by molar-refractivity contribution is -0.157. The SMILES string of the molecule is CC(=O)OC1CCCC1C(CNC(=O)CN)OC(C)=O. The van der Waals surface area contributed by atoms with E-state index in [1.165, 1.54) is 13.8 Å². The van der Waals surface area contributed by atoms with Crippen LogP contribution in [0.15, 0.2) is 0 Å². The molecule has 1 saturated carbocycles. The molecule has 3 unspecified atom stereocenters. The van der Waals surface area contributed by atoms with Gasteiger partial charge in [0.15, 0.2) is 0 Å². The van der Waals surface area contributed by atoms with E-state index < -0.39 is 12.1 Å². The van der Waals surface area contributed by atoms with Crippen molar-refractivity contribution in [3.63, 3.8) is 0 Å². The molecule has 0 aliphatic heterocycles. The average Bonchev–Trinajstić information content (AvgIpc) is 2.80. The Morgan fingerprint density at radius 1 is 1.25 bits per heavy atom. The van der Waals surface area contributed by atoms with E-state index in [0.717, 1.165) is 19.3 Å². The summed E-state index contributed by atoms with van der Waals surface area (Å²) in [5.41, 5.74) is 5.22. The van der Waals surface area contributed by atoms with E-state index in [0.29, 0.717) is 0 Å². The summed E-state index contributed by atoms with van der Waals surface area (Å²) in [6.45, 7) is 2.73. The van der Waals surface area contributed by atoms with Gasteiger partial charge in [-0.3, -0.25) is 14.4 Å². The van der Waals surface area contributed by atoms with Gasteiger partial charge < -0.3 is 20.5 Å². The molecule has 3 atom stereocenters. The lowest BCUT2D eigenvalue weighted by atomic mass is 9.98. The number of rotatable bonds is 6. The van der Waals surface area contributed by atoms with Crippen LogP contribution in [0.5, 0.6) is 0 Å². The predicted octanol–water partition coefficient (Wildman–Crippen LogP) is -0.275. The Balaban J connectivity index is 2.67. The Labute approximate surface area is 118 Å². The van der Waals surface area contributed by atoms with Gasteiger partial charge in [-0.05, 0) is 19.3 Å². The maximum atomic E-state index is 11.2. The van der Waals surface area contributed by atoms with Crippen molar-refractivity contribution in [2.45, 2.75) is 45.3 Å². The standard InChI is InChI=1S/C13H22N2O5/c1-8(16)19-11-5-3-4-10(11)12(20-9(2)17)7-15-13(18)6-14/h10-12H,3-7,14H2,1-2H3,(H,15,18). The minimum atomic E-state index is -0.505. The Morgan fingerprint density at radius 2 is 1.95 bits per heavy atom. The Morgan fingerprint density at radius 3 is 2.50 bits per heavy atom. The molecule has 7 heteroatoms. The van der Waals surface area contributed by atoms with Crippen molar-refractivity contribution in [2.24, 2.45) is 11.7 Å². The predicted molar refractivity (Wildman–Crippen MR) is 70.5 cm³/mol. The topological polar surface area (TPSA) is 108 Å². The Kier molecular flexibility index (Phi) is 6.44. The van der Waals surface area contributed by atoms with Crippen LogP contribution in [0.4, 0.5) is 0 Å². The molecule has 1 aliphatic rings. The van der Waals surface area contributed by atoms with E-state index in [9.17, 15) is 14.4 Å². The largest absolute Gasteiger partial charge is 0.462 e. The van der Waals surface area contributed by atoms with Crippen molar-refractivity contribution in [2.75, 3.05) is 13.1 Å². The Bertz CT molecular complexity index is 372. The normalized spacial score (nSPS) is 22.9. The molecule has 0 radical (unpaired) electrons. The second-order valence-corrected chi connectivity index (χ2v) is 4.90. The van der Waals surface area contributed by atoms with E-state index in [-0.39, 0.29) is 37.0 Å². The fraction of sp³-hybridized carbons (Fsp3) is 0.769. The first-order chi connectivity index (χ1) is 9.43. The molecule has 7 nitrogen and oxygen atoms in total. The third kappa shape index (κ3) is 5.16. The van der Waals surface area contributed by atoms with Crippen molar-refractivity contribution >= 4 is 17.8 Å². The third-order valence-corrected chi connectivity index (χ3v) is 3.30. The molecular weight excluding hydrogens is 264 g/mol. The number of ether oxygens (including phenoxy) is 2. The number of esters is 2. The minimum absolute atomic E-state index is 0.0964. The minimum Gasteiger partial charge on any atom is -0.462 e. The molecule has 0 aromatic carbocycles. The van der Waals surface area contributed by atoms with Crippen LogP contribution in [-0.2, 0) is 23.9 Å². The highest BCUT2D eigenvalue weighted by Crippen LogP contribution is 2.32. The zero-order valence-electron chi connectivity index (χ0n) is 11.9. The smallest absolute Gasteiger partial charge is 0.302 e. The number of carbonyl (C=O) groups is 3. The molecule has 0 aromatic rings. The molecular formula is C13H22N2O5. The monoisotopic (exact) mass is 286 g/mol. The van der Waals surface area contributed by atoms with Gasteiger partial charge in [0.25, 0.3) is 0 Å². The van der Waals surface area contributed by atoms with Crippen LogP contribution in [0, 0.1) is 5.92 Å². The van der Waals surface area contributed by atoms with Gasteiger partial charge in [-0.25, -0.2) is 0 Å². The van der Waals surface area contributed by atoms with Crippen molar-refractivity contribution in [3.8, 4) is 0 Å². The summed E-state index contributed by atoms with van der Waals surface area (Å²) in [5.74, 6) is -1.19. The summed E-state index contributed by atoms with van der Waals surface area (Å²) in [7, 11) is 0. The van der Waals surface area contributed by atoms with Crippen LogP contribution in [0.3, 0.4) is 0 Å². The number of hydrogen-bond acceptors (Lipinski definition) is 6. The number of carbonyl (C=O) groups excluding carboxylic acids is 3. The van der Waals surface area contributed by atoms with E-state index in [4.69, 9.17) is 15.2 Å². The second kappa shape index (κ2) is 7.84. The second-order valence-electron chi connectivity index (χ2n) is 4.90. The molecule has 0 saturated heterocycles. The van der Waals surface area contributed by atoms with E-state index in [1.54, 1.807) is 0 Å². The summed E-state index contributed by atoms with van der Waals surface area (Å²) in [6.07, 6.45) is 1.65. The maximum absolute atomic E-state index is 11.2. The van der Waals surface area contributed by atoms with Gasteiger partial charge in [0.1, 0.15) is 12.2 Å². The highest BCUT2D eigenvalue weighted by atomic mass is 16.6. The number of hydrogen-bond donors (Lipinski definition) is 2. The van der Waals surface area contributed by atoms with Crippen molar-refractivity contribution in [3.05, 3.63) is 0 Å². The summed E-state index contributed by atoms with van der Waals surface area (Å²) >= 11 is 0. The third-order valence-electron chi connectivity index (χ3n) is 3.30. The summed E-state index contributed by atoms with van der Waals surface area (Å²) in [5, 5.41) is 2.61. The van der Waals surface area contributed by atoms with Crippen LogP contribution < -0.4 is 11.1 Å². The molecule has 1 amide bonds. The molecule has 1 rings (SSSR count). The molecule has 1 fully saturated rings. The van der Waals surface area contributed by atoms with Gasteiger partial charge >= 0.3 is 11.9 Å². The van der Waals surface area contributed by atoms with Crippen LogP contribution in [-0.4, -0.2) is 43.1 Å². The summed E-state index contributed by atoms with van der Waals surface area (Å²) in [6, 6.07) is 0. The summed E-state index contributed by atoms with van der Waals surface area (Å²) in [4.78, 5) is 33.5. The highest BCUT2D eigenvalue weighted by molar-refractivity contribution is 5.77. The van der Waals surface area contributed by atoms with Gasteiger partial charge in [-0.2, -0.15) is 0 Å². The van der Waals surface area contributed by atoms with E-state index in [1.807, 2.05) is 0 Å². The molecule has 20 heavy (non-hydrogen) atoms. The number of nitrogens with one attached hydrogen (secondary N) is 1. The fourth-order valence-electron chi connectivity index (χ4n) is 2.52. The van der Waals surface area contributed by atoms with Crippen molar-refractivity contribution in [1.82, 2.24) is 5.32 Å². The zero-order valence-corrected chi connectivity index (χ0v) is 11.9. The highest BCUT2D eigenvalue weighted by Gasteiger charge is 2.37. The zero-order chi connectivity index (χ0) is 15.1. The average molecular weight is 286 g/mol. The van der Waals surface area contributed by atoms with Gasteiger partial charge in [0, 0.05) is 19.8 Å². The van der Waals surface area contributed by atoms with Crippen LogP contribution in [0.1, 0.15) is 33.1 Å². The van der Waals surface area contributed by atoms with E-state index >= 15 is 0 Å². The molecule has 114 valence electrons. The van der Waals surface area contributed by atoms with Crippen LogP contribution in [0.2, 0.25) is 0 Å². The van der Waals surface area contributed by atoms with Crippen LogP contribution >= 0.6 is 0 Å². The molecule has 1 aliphatic carbocycles. The first-order valence-corrected chi connectivity index (χ1v) is 6.75. The molecule has 0 aromatic heterocycles. The quantitative estimate of drug-likeness (QED) is 0.650. The van der Waals surface area contributed by atoms with Gasteiger partial charge in [-0.15, -0.1) is 0 Å². The van der Waals surface area contributed by atoms with Crippen molar-refractivity contribution in [1.29, 1.82) is 0 Å². The molecule has 0 heterocycles. The first-order valence-electron chi connectivity index (χ1n) is 6.75. The lowest BCUT2D eigenvalue weighted by Crippen LogP contribution is -2.43. The molecule has 3 N–H and O–H groups in total. The number of nitrogens with two attached hydrogens (primary N) is 1. The molecule has 0 bridgehead atoms. The lowest BCUT2D eigenvalue weighted by Gasteiger charge is -2.28. The Hall–Kier alpha value is -1.63. The number of amides is 1. The summed E-state index contributed by atoms with van der Waals surface area (Å²) < 4.78 is 10.5. The van der Waals surface area contributed by atoms with Crippen LogP contribution in [0.25, 0.3) is 0 Å². The van der Waals surface area contributed by atoms with Crippen molar-refractivity contribution < 1.29 is 23.9 Å². The fourth-order valence-corrected chi connectivity index (χ4v) is 2.52. The first kappa shape index (κ1) is 16.4. The van der Waals surface area contributed by atoms with Gasteiger partial charge in [0.2, 0.25) is 5.91 Å². The van der Waals surface area contributed by atoms with Gasteiger partial charge in [-0.1, -0.05) is 0 Å². The maximum Gasteiger partial charge on any atom is 0.302 e. The molecule has 0 spiro atoms.